The second kappa shape index (κ2) is 11.9. The molecule has 2 aromatic rings. The van der Waals surface area contributed by atoms with E-state index < -0.39 is 11.9 Å². The average Bonchev–Trinajstić information content (AvgIpc) is 2.72. The maximum Gasteiger partial charge on any atom is 0.414 e. The lowest BCUT2D eigenvalue weighted by Gasteiger charge is -2.34. The number of carboxylic acids is 2. The highest BCUT2D eigenvalue weighted by atomic mass is 19.1. The van der Waals surface area contributed by atoms with Gasteiger partial charge in [0.1, 0.15) is 11.6 Å². The molecule has 0 bridgehead atoms. The molecule has 30 heavy (non-hydrogen) atoms. The summed E-state index contributed by atoms with van der Waals surface area (Å²) < 4.78 is 18.7. The van der Waals surface area contributed by atoms with Crippen LogP contribution in [0.1, 0.15) is 18.1 Å². The lowest BCUT2D eigenvalue weighted by Crippen LogP contribution is -2.45. The van der Waals surface area contributed by atoms with Gasteiger partial charge in [0.25, 0.3) is 0 Å². The van der Waals surface area contributed by atoms with Gasteiger partial charge in [-0.25, -0.2) is 14.0 Å². The molecule has 1 saturated heterocycles. The first kappa shape index (κ1) is 23.3. The third-order valence-corrected chi connectivity index (χ3v) is 4.58. The van der Waals surface area contributed by atoms with E-state index in [0.717, 1.165) is 50.6 Å². The third kappa shape index (κ3) is 8.18. The van der Waals surface area contributed by atoms with Crippen LogP contribution in [-0.2, 0) is 22.7 Å². The number of benzene rings is 2. The van der Waals surface area contributed by atoms with Crippen LogP contribution in [0.25, 0.3) is 0 Å². The van der Waals surface area contributed by atoms with Gasteiger partial charge in [-0.2, -0.15) is 0 Å². The number of carbonyl (C=O) groups is 2. The maximum atomic E-state index is 13.3. The Kier molecular flexibility index (Phi) is 9.24. The lowest BCUT2D eigenvalue weighted by atomic mass is 10.1. The van der Waals surface area contributed by atoms with Gasteiger partial charge in [0, 0.05) is 39.3 Å². The minimum absolute atomic E-state index is 0.151. The van der Waals surface area contributed by atoms with Gasteiger partial charge < -0.3 is 14.9 Å². The molecule has 2 aromatic carbocycles. The zero-order valence-corrected chi connectivity index (χ0v) is 17.0. The van der Waals surface area contributed by atoms with Gasteiger partial charge in [-0.1, -0.05) is 24.3 Å². The first-order chi connectivity index (χ1) is 14.4. The van der Waals surface area contributed by atoms with Gasteiger partial charge in [-0.05, 0) is 42.3 Å². The molecule has 0 aliphatic carbocycles. The Morgan fingerprint density at radius 3 is 1.90 bits per heavy atom. The van der Waals surface area contributed by atoms with Crippen LogP contribution in [0.3, 0.4) is 0 Å². The van der Waals surface area contributed by atoms with Crippen molar-refractivity contribution < 1.29 is 28.9 Å². The fourth-order valence-electron chi connectivity index (χ4n) is 3.11. The van der Waals surface area contributed by atoms with Gasteiger partial charge in [0.2, 0.25) is 0 Å². The van der Waals surface area contributed by atoms with E-state index in [9.17, 15) is 4.39 Å². The highest BCUT2D eigenvalue weighted by Gasteiger charge is 2.17. The Morgan fingerprint density at radius 2 is 1.43 bits per heavy atom. The summed E-state index contributed by atoms with van der Waals surface area (Å²) in [5, 5.41) is 14.8. The average molecular weight is 418 g/mol. The number of nitrogens with zero attached hydrogens (tertiary/aromatic N) is 2. The van der Waals surface area contributed by atoms with Crippen LogP contribution >= 0.6 is 0 Å². The summed E-state index contributed by atoms with van der Waals surface area (Å²) in [6.45, 7) is 8.63. The number of aliphatic carboxylic acids is 2. The molecule has 0 unspecified atom stereocenters. The number of rotatable bonds is 6. The van der Waals surface area contributed by atoms with Crippen molar-refractivity contribution in [3.8, 4) is 5.75 Å². The number of carboxylic acid groups (broad SMARTS) is 2. The van der Waals surface area contributed by atoms with E-state index in [1.165, 1.54) is 11.6 Å². The second-order valence-electron chi connectivity index (χ2n) is 6.87. The number of ether oxygens (including phenoxy) is 1. The first-order valence-corrected chi connectivity index (χ1v) is 9.74. The summed E-state index contributed by atoms with van der Waals surface area (Å²) in [5.41, 5.74) is 2.37. The van der Waals surface area contributed by atoms with Crippen LogP contribution in [0.4, 0.5) is 4.39 Å². The molecule has 1 aliphatic heterocycles. The molecule has 8 heteroatoms. The van der Waals surface area contributed by atoms with E-state index in [4.69, 9.17) is 24.5 Å². The van der Waals surface area contributed by atoms with Crippen molar-refractivity contribution >= 4 is 11.9 Å². The van der Waals surface area contributed by atoms with E-state index in [2.05, 4.69) is 21.9 Å². The minimum atomic E-state index is -1.82. The number of hydrogen-bond donors (Lipinski definition) is 2. The Balaban J connectivity index is 0.000000469. The maximum absolute atomic E-state index is 13.3. The summed E-state index contributed by atoms with van der Waals surface area (Å²) in [7, 11) is 0. The largest absolute Gasteiger partial charge is 0.494 e. The molecule has 162 valence electrons. The van der Waals surface area contributed by atoms with Crippen LogP contribution in [-0.4, -0.2) is 64.7 Å². The summed E-state index contributed by atoms with van der Waals surface area (Å²) in [6.07, 6.45) is 0. The van der Waals surface area contributed by atoms with Gasteiger partial charge in [-0.3, -0.25) is 9.80 Å². The highest BCUT2D eigenvalue weighted by molar-refractivity contribution is 6.27. The van der Waals surface area contributed by atoms with Crippen molar-refractivity contribution in [2.45, 2.75) is 20.0 Å². The normalized spacial score (nSPS) is 14.5. The van der Waals surface area contributed by atoms with Crippen molar-refractivity contribution in [1.29, 1.82) is 0 Å². The molecule has 3 rings (SSSR count). The quantitative estimate of drug-likeness (QED) is 0.697. The zero-order chi connectivity index (χ0) is 21.9. The topological polar surface area (TPSA) is 90.3 Å². The summed E-state index contributed by atoms with van der Waals surface area (Å²) in [5.74, 6) is -2.87. The van der Waals surface area contributed by atoms with Crippen LogP contribution < -0.4 is 4.74 Å². The standard InChI is InChI=1S/C20H25FN2O.C2H2O4/c1-2-24-20-8-6-17(7-9-20)15-22-10-12-23(13-11-22)16-18-4-3-5-19(21)14-18;3-1(4)2(5)6/h3-9,14H,2,10-13,15-16H2,1H3;(H,3,4)(H,5,6). The molecular formula is C22H27FN2O5. The Morgan fingerprint density at radius 1 is 0.900 bits per heavy atom. The minimum Gasteiger partial charge on any atom is -0.494 e. The molecule has 1 aliphatic rings. The molecule has 0 radical (unpaired) electrons. The Bertz CT molecular complexity index is 809. The van der Waals surface area contributed by atoms with Crippen LogP contribution in [0.15, 0.2) is 48.5 Å². The van der Waals surface area contributed by atoms with E-state index in [1.54, 1.807) is 12.1 Å². The van der Waals surface area contributed by atoms with Gasteiger partial charge in [-0.15, -0.1) is 0 Å². The number of halogens is 1. The molecular weight excluding hydrogens is 391 g/mol. The van der Waals surface area contributed by atoms with Gasteiger partial charge in [0.15, 0.2) is 0 Å². The molecule has 0 saturated carbocycles. The van der Waals surface area contributed by atoms with Crippen molar-refractivity contribution in [2.24, 2.45) is 0 Å². The molecule has 1 fully saturated rings. The van der Waals surface area contributed by atoms with E-state index >= 15 is 0 Å². The number of piperazine rings is 1. The van der Waals surface area contributed by atoms with Crippen LogP contribution in [0.5, 0.6) is 5.75 Å². The van der Waals surface area contributed by atoms with Gasteiger partial charge in [0.05, 0.1) is 6.61 Å². The van der Waals surface area contributed by atoms with Crippen LogP contribution in [0.2, 0.25) is 0 Å². The summed E-state index contributed by atoms with van der Waals surface area (Å²) in [4.78, 5) is 23.1. The fraction of sp³-hybridized carbons (Fsp3) is 0.364. The van der Waals surface area contributed by atoms with Gasteiger partial charge >= 0.3 is 11.9 Å². The lowest BCUT2D eigenvalue weighted by molar-refractivity contribution is -0.159. The van der Waals surface area contributed by atoms with E-state index in [1.807, 2.05) is 25.1 Å². The monoisotopic (exact) mass is 418 g/mol. The summed E-state index contributed by atoms with van der Waals surface area (Å²) >= 11 is 0. The van der Waals surface area contributed by atoms with Crippen molar-refractivity contribution in [3.05, 3.63) is 65.5 Å². The zero-order valence-electron chi connectivity index (χ0n) is 17.0. The predicted octanol–water partition coefficient (Wildman–Crippen LogP) is 2.70. The van der Waals surface area contributed by atoms with Crippen molar-refractivity contribution in [3.63, 3.8) is 0 Å². The molecule has 7 nitrogen and oxygen atoms in total. The SMILES string of the molecule is CCOc1ccc(CN2CCN(Cc3cccc(F)c3)CC2)cc1.O=C(O)C(=O)O. The smallest absolute Gasteiger partial charge is 0.414 e. The molecule has 0 aromatic heterocycles. The van der Waals surface area contributed by atoms with Crippen LogP contribution in [0, 0.1) is 5.82 Å². The number of hydrogen-bond acceptors (Lipinski definition) is 5. The molecule has 1 heterocycles. The first-order valence-electron chi connectivity index (χ1n) is 9.74. The van der Waals surface area contributed by atoms with E-state index in [0.29, 0.717) is 6.61 Å². The third-order valence-electron chi connectivity index (χ3n) is 4.58. The highest BCUT2D eigenvalue weighted by Crippen LogP contribution is 2.15. The van der Waals surface area contributed by atoms with E-state index in [-0.39, 0.29) is 5.82 Å². The second-order valence-corrected chi connectivity index (χ2v) is 6.87. The molecule has 0 spiro atoms. The van der Waals surface area contributed by atoms with Crippen molar-refractivity contribution in [1.82, 2.24) is 9.80 Å². The Labute approximate surface area is 175 Å². The molecule has 2 N–H and O–H groups in total. The Hall–Kier alpha value is -2.97. The molecule has 0 atom stereocenters. The fourth-order valence-corrected chi connectivity index (χ4v) is 3.11. The van der Waals surface area contributed by atoms with Crippen molar-refractivity contribution in [2.75, 3.05) is 32.8 Å². The summed E-state index contributed by atoms with van der Waals surface area (Å²) in [6, 6.07) is 15.3. The molecule has 0 amide bonds. The predicted molar refractivity (Wildman–Crippen MR) is 110 cm³/mol.